The van der Waals surface area contributed by atoms with Crippen LogP contribution in [-0.2, 0) is 5.41 Å². The molecule has 0 spiro atoms. The molecule has 0 saturated heterocycles. The molecule has 4 saturated carbocycles. The van der Waals surface area contributed by atoms with Crippen molar-refractivity contribution in [1.82, 2.24) is 4.98 Å². The van der Waals surface area contributed by atoms with Crippen molar-refractivity contribution < 1.29 is 4.79 Å². The van der Waals surface area contributed by atoms with Crippen LogP contribution in [0.1, 0.15) is 54.4 Å². The first kappa shape index (κ1) is 17.3. The van der Waals surface area contributed by atoms with Gasteiger partial charge in [0, 0.05) is 11.9 Å². The number of hydrogen-bond donors (Lipinski definition) is 1. The fourth-order valence-corrected chi connectivity index (χ4v) is 6.84. The van der Waals surface area contributed by atoms with Crippen molar-refractivity contribution in [2.24, 2.45) is 17.8 Å². The van der Waals surface area contributed by atoms with Crippen LogP contribution in [-0.4, -0.2) is 17.1 Å². The van der Waals surface area contributed by atoms with Gasteiger partial charge in [-0.05, 0) is 97.8 Å². The quantitative estimate of drug-likeness (QED) is 0.712. The third-order valence-corrected chi connectivity index (χ3v) is 7.71. The zero-order valence-electron chi connectivity index (χ0n) is 15.8. The van der Waals surface area contributed by atoms with Crippen molar-refractivity contribution in [2.45, 2.75) is 49.0 Å². The van der Waals surface area contributed by atoms with E-state index in [2.05, 4.69) is 34.6 Å². The second-order valence-electron chi connectivity index (χ2n) is 8.79. The van der Waals surface area contributed by atoms with Crippen LogP contribution >= 0.6 is 11.8 Å². The number of nitrogens with one attached hydrogen (secondary N) is 1. The third kappa shape index (κ3) is 3.08. The van der Waals surface area contributed by atoms with E-state index in [-0.39, 0.29) is 5.91 Å². The highest BCUT2D eigenvalue weighted by Crippen LogP contribution is 2.60. The number of thioether (sulfide) groups is 1. The average Bonchev–Trinajstić information content (AvgIpc) is 2.67. The van der Waals surface area contributed by atoms with E-state index >= 15 is 0 Å². The van der Waals surface area contributed by atoms with E-state index in [4.69, 9.17) is 0 Å². The van der Waals surface area contributed by atoms with Gasteiger partial charge in [0.2, 0.25) is 0 Å². The van der Waals surface area contributed by atoms with E-state index in [1.54, 1.807) is 6.20 Å². The highest BCUT2D eigenvalue weighted by Gasteiger charge is 2.51. The number of amides is 1. The molecular weight excluding hydrogens is 352 g/mol. The summed E-state index contributed by atoms with van der Waals surface area (Å²) in [5, 5.41) is 3.81. The summed E-state index contributed by atoms with van der Waals surface area (Å²) < 4.78 is 0. The summed E-state index contributed by atoms with van der Waals surface area (Å²) in [6.07, 6.45) is 12.2. The van der Waals surface area contributed by atoms with Gasteiger partial charge in [0.15, 0.2) is 0 Å². The molecule has 1 heterocycles. The number of rotatable bonds is 4. The van der Waals surface area contributed by atoms with Crippen molar-refractivity contribution in [1.29, 1.82) is 0 Å². The summed E-state index contributed by atoms with van der Waals surface area (Å²) in [6, 6.07) is 12.3. The Balaban J connectivity index is 1.34. The fourth-order valence-electron chi connectivity index (χ4n) is 6.30. The van der Waals surface area contributed by atoms with Crippen LogP contribution in [0, 0.1) is 17.8 Å². The van der Waals surface area contributed by atoms with Crippen molar-refractivity contribution in [3.05, 3.63) is 53.7 Å². The lowest BCUT2D eigenvalue weighted by Gasteiger charge is -2.57. The highest BCUT2D eigenvalue weighted by atomic mass is 32.2. The summed E-state index contributed by atoms with van der Waals surface area (Å²) in [4.78, 5) is 16.9. The summed E-state index contributed by atoms with van der Waals surface area (Å²) in [5.41, 5.74) is 3.40. The molecule has 1 N–H and O–H groups in total. The zero-order valence-corrected chi connectivity index (χ0v) is 16.6. The molecule has 4 heteroatoms. The van der Waals surface area contributed by atoms with Gasteiger partial charge in [-0.15, -0.1) is 11.8 Å². The predicted octanol–water partition coefficient (Wildman–Crippen LogP) is 5.52. The number of pyridine rings is 1. The molecular formula is C23H26N2OS. The largest absolute Gasteiger partial charge is 0.322 e. The first-order valence-corrected chi connectivity index (χ1v) is 11.3. The van der Waals surface area contributed by atoms with E-state index in [0.717, 1.165) is 28.5 Å². The van der Waals surface area contributed by atoms with E-state index in [1.165, 1.54) is 55.9 Å². The van der Waals surface area contributed by atoms with Gasteiger partial charge < -0.3 is 5.32 Å². The summed E-state index contributed by atoms with van der Waals surface area (Å²) in [7, 11) is 0. The van der Waals surface area contributed by atoms with Crippen molar-refractivity contribution in [3.8, 4) is 0 Å². The van der Waals surface area contributed by atoms with E-state index in [0.29, 0.717) is 11.0 Å². The Labute approximate surface area is 165 Å². The Morgan fingerprint density at radius 2 is 1.67 bits per heavy atom. The summed E-state index contributed by atoms with van der Waals surface area (Å²) in [6.45, 7) is 0. The Hall–Kier alpha value is -1.81. The topological polar surface area (TPSA) is 42.0 Å². The molecule has 6 rings (SSSR count). The first-order valence-electron chi connectivity index (χ1n) is 10.1. The SMILES string of the molecule is CSc1ncccc1C(=O)Nc1ccc(C23CC4CC(CC(C4)C2)C3)cc1. The number of hydrogen-bond acceptors (Lipinski definition) is 3. The van der Waals surface area contributed by atoms with Crippen LogP contribution in [0.25, 0.3) is 0 Å². The molecule has 2 aromatic rings. The average molecular weight is 379 g/mol. The van der Waals surface area contributed by atoms with Crippen LogP contribution < -0.4 is 5.32 Å². The molecule has 0 unspecified atom stereocenters. The van der Waals surface area contributed by atoms with Crippen LogP contribution in [0.3, 0.4) is 0 Å². The van der Waals surface area contributed by atoms with Gasteiger partial charge in [-0.25, -0.2) is 4.98 Å². The van der Waals surface area contributed by atoms with Crippen LogP contribution in [0.5, 0.6) is 0 Å². The maximum atomic E-state index is 12.6. The molecule has 27 heavy (non-hydrogen) atoms. The van der Waals surface area contributed by atoms with Crippen molar-refractivity contribution in [2.75, 3.05) is 11.6 Å². The molecule has 4 fully saturated rings. The van der Waals surface area contributed by atoms with Gasteiger partial charge in [-0.1, -0.05) is 12.1 Å². The van der Waals surface area contributed by atoms with Gasteiger partial charge in [-0.2, -0.15) is 0 Å². The van der Waals surface area contributed by atoms with Gasteiger partial charge >= 0.3 is 0 Å². The summed E-state index contributed by atoms with van der Waals surface area (Å²) in [5.74, 6) is 2.76. The smallest absolute Gasteiger partial charge is 0.258 e. The Morgan fingerprint density at radius 1 is 1.04 bits per heavy atom. The Bertz CT molecular complexity index is 826. The number of anilines is 1. The molecule has 0 atom stereocenters. The second kappa shape index (κ2) is 6.66. The molecule has 4 bridgehead atoms. The van der Waals surface area contributed by atoms with Gasteiger partial charge in [-0.3, -0.25) is 4.79 Å². The lowest BCUT2D eigenvalue weighted by atomic mass is 9.48. The van der Waals surface area contributed by atoms with E-state index < -0.39 is 0 Å². The summed E-state index contributed by atoms with van der Waals surface area (Å²) >= 11 is 1.50. The molecule has 4 aliphatic rings. The third-order valence-electron chi connectivity index (χ3n) is 7.00. The highest BCUT2D eigenvalue weighted by molar-refractivity contribution is 7.98. The molecule has 1 aromatic carbocycles. The Kier molecular flexibility index (Phi) is 4.27. The zero-order chi connectivity index (χ0) is 18.4. The van der Waals surface area contributed by atoms with E-state index in [1.807, 2.05) is 18.4 Å². The second-order valence-corrected chi connectivity index (χ2v) is 9.58. The molecule has 0 radical (unpaired) electrons. The maximum Gasteiger partial charge on any atom is 0.258 e. The molecule has 3 nitrogen and oxygen atoms in total. The normalized spacial score (nSPS) is 31.1. The first-order chi connectivity index (χ1) is 13.1. The maximum absolute atomic E-state index is 12.6. The number of benzene rings is 1. The number of carbonyl (C=O) groups excluding carboxylic acids is 1. The standard InChI is InChI=1S/C23H26N2OS/c1-27-22-20(3-2-8-24-22)21(26)25-19-6-4-18(5-7-19)23-12-15-9-16(13-23)11-17(10-15)14-23/h2-8,15-17H,9-14H2,1H3,(H,25,26). The number of carbonyl (C=O) groups is 1. The molecule has 140 valence electrons. The minimum absolute atomic E-state index is 0.0880. The van der Waals surface area contributed by atoms with Gasteiger partial charge in [0.1, 0.15) is 5.03 Å². The van der Waals surface area contributed by atoms with Gasteiger partial charge in [0.25, 0.3) is 5.91 Å². The predicted molar refractivity (Wildman–Crippen MR) is 110 cm³/mol. The fraction of sp³-hybridized carbons (Fsp3) is 0.478. The minimum atomic E-state index is -0.0880. The molecule has 1 amide bonds. The lowest BCUT2D eigenvalue weighted by Crippen LogP contribution is -2.48. The number of aromatic nitrogens is 1. The van der Waals surface area contributed by atoms with E-state index in [9.17, 15) is 4.79 Å². The molecule has 1 aromatic heterocycles. The minimum Gasteiger partial charge on any atom is -0.322 e. The van der Waals surface area contributed by atoms with Crippen LogP contribution in [0.15, 0.2) is 47.6 Å². The monoisotopic (exact) mass is 378 g/mol. The van der Waals surface area contributed by atoms with Crippen LogP contribution in [0.4, 0.5) is 5.69 Å². The molecule has 4 aliphatic carbocycles. The number of nitrogens with zero attached hydrogens (tertiary/aromatic N) is 1. The molecule has 0 aliphatic heterocycles. The van der Waals surface area contributed by atoms with Crippen molar-refractivity contribution in [3.63, 3.8) is 0 Å². The van der Waals surface area contributed by atoms with Crippen molar-refractivity contribution >= 4 is 23.4 Å². The lowest BCUT2D eigenvalue weighted by molar-refractivity contribution is -0.00518. The van der Waals surface area contributed by atoms with Crippen LogP contribution in [0.2, 0.25) is 0 Å². The Morgan fingerprint density at radius 3 is 2.26 bits per heavy atom. The van der Waals surface area contributed by atoms with Gasteiger partial charge in [0.05, 0.1) is 5.56 Å².